The summed E-state index contributed by atoms with van der Waals surface area (Å²) in [5.41, 5.74) is 10.4. The SMILES string of the molecule is Cc1c(N(c2ccccc2)c2ccccc2)cccc1N(c1ccc2c(c1)sc1ccccc12)c1ccc(-c2ccccc2)c2ccccc12. The maximum atomic E-state index is 2.47. The van der Waals surface area contributed by atoms with Crippen LogP contribution < -0.4 is 9.80 Å². The van der Waals surface area contributed by atoms with Crippen LogP contribution in [0.15, 0.2) is 188 Å². The van der Waals surface area contributed by atoms with E-state index in [1.807, 2.05) is 11.3 Å². The summed E-state index contributed by atoms with van der Waals surface area (Å²) in [4.78, 5) is 4.83. The standard InChI is InChI=1S/C47H34N2S/c1-33-43(48(35-18-7-3-8-19-35)36-20-9-4-10-21-36)25-15-26-44(33)49(37-28-29-42-41-24-13-14-27-46(41)50-47(42)32-37)45-31-30-38(34-16-5-2-6-17-34)39-22-11-12-23-40(39)45/h2-32H,1H3. The molecule has 9 aromatic rings. The first-order valence-corrected chi connectivity index (χ1v) is 17.8. The summed E-state index contributed by atoms with van der Waals surface area (Å²) in [6.45, 7) is 2.26. The van der Waals surface area contributed by atoms with Crippen LogP contribution in [-0.4, -0.2) is 0 Å². The molecule has 9 rings (SSSR count). The molecule has 0 aliphatic rings. The highest BCUT2D eigenvalue weighted by molar-refractivity contribution is 7.25. The predicted molar refractivity (Wildman–Crippen MR) is 216 cm³/mol. The van der Waals surface area contributed by atoms with Crippen molar-refractivity contribution in [2.45, 2.75) is 6.92 Å². The number of hydrogen-bond acceptors (Lipinski definition) is 3. The lowest BCUT2D eigenvalue weighted by atomic mass is 9.96. The molecule has 0 N–H and O–H groups in total. The minimum absolute atomic E-state index is 1.12. The minimum atomic E-state index is 1.12. The van der Waals surface area contributed by atoms with Gasteiger partial charge in [0.1, 0.15) is 0 Å². The van der Waals surface area contributed by atoms with Crippen LogP contribution in [0.5, 0.6) is 0 Å². The first-order chi connectivity index (χ1) is 24.7. The molecule has 50 heavy (non-hydrogen) atoms. The van der Waals surface area contributed by atoms with Crippen molar-refractivity contribution in [3.05, 3.63) is 194 Å². The van der Waals surface area contributed by atoms with E-state index in [1.54, 1.807) is 0 Å². The Labute approximate surface area is 296 Å². The molecule has 0 spiro atoms. The van der Waals surface area contributed by atoms with Crippen molar-refractivity contribution in [3.8, 4) is 11.1 Å². The Bertz CT molecular complexity index is 2570. The number of benzene rings is 8. The Hall–Kier alpha value is -6.16. The first-order valence-electron chi connectivity index (χ1n) is 17.0. The fourth-order valence-corrected chi connectivity index (χ4v) is 8.43. The molecule has 2 nitrogen and oxygen atoms in total. The molecule has 0 saturated carbocycles. The highest BCUT2D eigenvalue weighted by Crippen LogP contribution is 2.47. The van der Waals surface area contributed by atoms with Gasteiger partial charge in [-0.3, -0.25) is 0 Å². The lowest BCUT2D eigenvalue weighted by Gasteiger charge is -2.32. The molecule has 0 aliphatic carbocycles. The minimum Gasteiger partial charge on any atom is -0.310 e. The van der Waals surface area contributed by atoms with Gasteiger partial charge >= 0.3 is 0 Å². The lowest BCUT2D eigenvalue weighted by Crippen LogP contribution is -2.15. The van der Waals surface area contributed by atoms with Crippen molar-refractivity contribution >= 4 is 76.4 Å². The van der Waals surface area contributed by atoms with Crippen molar-refractivity contribution in [2.24, 2.45) is 0 Å². The van der Waals surface area contributed by atoms with Crippen LogP contribution in [0.25, 0.3) is 42.1 Å². The number of para-hydroxylation sites is 2. The molecule has 0 bridgehead atoms. The van der Waals surface area contributed by atoms with Gasteiger partial charge in [0.25, 0.3) is 0 Å². The fraction of sp³-hybridized carbons (Fsp3) is 0.0213. The third-order valence-corrected chi connectivity index (χ3v) is 10.8. The molecule has 0 aliphatic heterocycles. The molecule has 0 saturated heterocycles. The van der Waals surface area contributed by atoms with Crippen molar-refractivity contribution < 1.29 is 0 Å². The van der Waals surface area contributed by atoms with Crippen LogP contribution >= 0.6 is 11.3 Å². The number of anilines is 6. The van der Waals surface area contributed by atoms with Crippen LogP contribution in [0.4, 0.5) is 34.1 Å². The van der Waals surface area contributed by atoms with Crippen LogP contribution in [0, 0.1) is 6.92 Å². The van der Waals surface area contributed by atoms with Crippen molar-refractivity contribution in [1.29, 1.82) is 0 Å². The van der Waals surface area contributed by atoms with E-state index in [4.69, 9.17) is 0 Å². The average Bonchev–Trinajstić information content (AvgIpc) is 3.55. The number of nitrogens with zero attached hydrogens (tertiary/aromatic N) is 2. The zero-order valence-corrected chi connectivity index (χ0v) is 28.5. The van der Waals surface area contributed by atoms with E-state index in [1.165, 1.54) is 47.6 Å². The van der Waals surface area contributed by atoms with Gasteiger partial charge in [0.05, 0.1) is 17.1 Å². The second kappa shape index (κ2) is 12.7. The number of thiophene rings is 1. The number of fused-ring (bicyclic) bond motifs is 4. The highest BCUT2D eigenvalue weighted by Gasteiger charge is 2.23. The second-order valence-electron chi connectivity index (χ2n) is 12.6. The van der Waals surface area contributed by atoms with Gasteiger partial charge in [-0.05, 0) is 89.7 Å². The zero-order valence-electron chi connectivity index (χ0n) is 27.7. The van der Waals surface area contributed by atoms with Gasteiger partial charge in [-0.15, -0.1) is 11.3 Å². The van der Waals surface area contributed by atoms with Crippen LogP contribution in [-0.2, 0) is 0 Å². The van der Waals surface area contributed by atoms with Gasteiger partial charge in [-0.25, -0.2) is 0 Å². The molecule has 8 aromatic carbocycles. The molecule has 0 atom stereocenters. The zero-order chi connectivity index (χ0) is 33.4. The summed E-state index contributed by atoms with van der Waals surface area (Å²) in [7, 11) is 0. The molecule has 0 amide bonds. The van der Waals surface area contributed by atoms with Gasteiger partial charge < -0.3 is 9.80 Å². The van der Waals surface area contributed by atoms with Crippen molar-refractivity contribution in [1.82, 2.24) is 0 Å². The van der Waals surface area contributed by atoms with Gasteiger partial charge in [-0.2, -0.15) is 0 Å². The van der Waals surface area contributed by atoms with E-state index >= 15 is 0 Å². The molecule has 0 fully saturated rings. The molecule has 238 valence electrons. The van der Waals surface area contributed by atoms with Crippen LogP contribution in [0.3, 0.4) is 0 Å². The molecular weight excluding hydrogens is 625 g/mol. The van der Waals surface area contributed by atoms with E-state index < -0.39 is 0 Å². The van der Waals surface area contributed by atoms with E-state index in [0.717, 1.165) is 34.1 Å². The summed E-state index contributed by atoms with van der Waals surface area (Å²) in [5.74, 6) is 0. The highest BCUT2D eigenvalue weighted by atomic mass is 32.1. The summed E-state index contributed by atoms with van der Waals surface area (Å²) >= 11 is 1.86. The van der Waals surface area contributed by atoms with Gasteiger partial charge in [0, 0.05) is 42.6 Å². The average molecular weight is 659 g/mol. The molecule has 0 radical (unpaired) electrons. The monoisotopic (exact) mass is 658 g/mol. The largest absolute Gasteiger partial charge is 0.310 e. The van der Waals surface area contributed by atoms with Gasteiger partial charge in [-0.1, -0.05) is 127 Å². The van der Waals surface area contributed by atoms with Crippen LogP contribution in [0.2, 0.25) is 0 Å². The topological polar surface area (TPSA) is 6.48 Å². The normalized spacial score (nSPS) is 11.3. The summed E-state index contributed by atoms with van der Waals surface area (Å²) < 4.78 is 2.59. The fourth-order valence-electron chi connectivity index (χ4n) is 7.29. The van der Waals surface area contributed by atoms with E-state index in [9.17, 15) is 0 Å². The Kier molecular flexibility index (Phi) is 7.61. The summed E-state index contributed by atoms with van der Waals surface area (Å²) in [5, 5.41) is 5.04. The Morgan fingerprint density at radius 2 is 0.920 bits per heavy atom. The van der Waals surface area contributed by atoms with E-state index in [2.05, 4.69) is 205 Å². The lowest BCUT2D eigenvalue weighted by molar-refractivity contribution is 1.21. The molecule has 0 unspecified atom stereocenters. The Morgan fingerprint density at radius 3 is 1.62 bits per heavy atom. The van der Waals surface area contributed by atoms with Gasteiger partial charge in [0.15, 0.2) is 0 Å². The maximum Gasteiger partial charge on any atom is 0.0540 e. The first kappa shape index (κ1) is 29.9. The number of hydrogen-bond donors (Lipinski definition) is 0. The van der Waals surface area contributed by atoms with Crippen molar-refractivity contribution in [2.75, 3.05) is 9.80 Å². The van der Waals surface area contributed by atoms with E-state index in [0.29, 0.717) is 0 Å². The molecule has 3 heteroatoms. The van der Waals surface area contributed by atoms with Crippen molar-refractivity contribution in [3.63, 3.8) is 0 Å². The molecular formula is C47H34N2S. The number of rotatable bonds is 7. The Balaban J connectivity index is 1.30. The smallest absolute Gasteiger partial charge is 0.0540 e. The molecule has 1 aromatic heterocycles. The Morgan fingerprint density at radius 1 is 0.360 bits per heavy atom. The molecule has 1 heterocycles. The summed E-state index contributed by atoms with van der Waals surface area (Å²) in [6, 6.07) is 67.8. The van der Waals surface area contributed by atoms with E-state index in [-0.39, 0.29) is 0 Å². The third-order valence-electron chi connectivity index (χ3n) is 9.63. The van der Waals surface area contributed by atoms with Crippen LogP contribution in [0.1, 0.15) is 5.56 Å². The quantitative estimate of drug-likeness (QED) is 0.168. The summed E-state index contributed by atoms with van der Waals surface area (Å²) in [6.07, 6.45) is 0. The predicted octanol–water partition coefficient (Wildman–Crippen LogP) is 14.1. The second-order valence-corrected chi connectivity index (χ2v) is 13.7. The third kappa shape index (κ3) is 5.20. The van der Waals surface area contributed by atoms with Gasteiger partial charge in [0.2, 0.25) is 0 Å². The maximum absolute atomic E-state index is 2.47.